The number of aryl methyl sites for hydroxylation is 2. The molecule has 0 amide bonds. The van der Waals surface area contributed by atoms with Gasteiger partial charge >= 0.3 is 5.97 Å². The summed E-state index contributed by atoms with van der Waals surface area (Å²) in [7, 11) is 0. The molecule has 0 spiro atoms. The highest BCUT2D eigenvalue weighted by atomic mass is 16.6. The topological polar surface area (TPSA) is 36.2 Å². The summed E-state index contributed by atoms with van der Waals surface area (Å²) in [6.07, 6.45) is 2.16. The van der Waals surface area contributed by atoms with Crippen molar-refractivity contribution in [1.29, 1.82) is 0 Å². The number of rotatable bonds is 8. The van der Waals surface area contributed by atoms with Crippen molar-refractivity contribution in [2.75, 3.05) is 0 Å². The molecule has 3 heterocycles. The van der Waals surface area contributed by atoms with E-state index in [9.17, 15) is 4.79 Å². The third kappa shape index (κ3) is 3.91. The molecule has 40 heavy (non-hydrogen) atoms. The van der Waals surface area contributed by atoms with Crippen LogP contribution in [-0.4, -0.2) is 15.1 Å². The Kier molecular flexibility index (Phi) is 6.60. The number of benzene rings is 3. The van der Waals surface area contributed by atoms with Crippen molar-refractivity contribution < 1.29 is 9.53 Å². The number of ether oxygens (including phenoxy) is 1. The van der Waals surface area contributed by atoms with E-state index in [-0.39, 0.29) is 5.97 Å². The molecule has 6 rings (SSSR count). The molecule has 1 aliphatic rings. The summed E-state index contributed by atoms with van der Waals surface area (Å²) in [5, 5.41) is 2.29. The van der Waals surface area contributed by atoms with E-state index in [0.29, 0.717) is 17.4 Å². The van der Waals surface area contributed by atoms with Gasteiger partial charge in [0.05, 0.1) is 5.56 Å². The second-order valence-corrected chi connectivity index (χ2v) is 12.2. The number of carbonyl (C=O) groups is 1. The second kappa shape index (κ2) is 9.99. The highest BCUT2D eigenvalue weighted by Crippen LogP contribution is 2.54. The summed E-state index contributed by atoms with van der Waals surface area (Å²) < 4.78 is 11.7. The molecule has 0 saturated heterocycles. The molecule has 4 nitrogen and oxygen atoms in total. The van der Waals surface area contributed by atoms with E-state index in [0.717, 1.165) is 64.8 Å². The number of fused-ring (bicyclic) bond motifs is 3. The van der Waals surface area contributed by atoms with Crippen LogP contribution in [0.3, 0.4) is 0 Å². The Morgan fingerprint density at radius 2 is 1.12 bits per heavy atom. The molecule has 1 aliphatic heterocycles. The quantitative estimate of drug-likeness (QED) is 0.187. The first-order valence-electron chi connectivity index (χ1n) is 14.7. The van der Waals surface area contributed by atoms with Crippen molar-refractivity contribution in [2.45, 2.75) is 73.1 Å². The average Bonchev–Trinajstić information content (AvgIpc) is 3.50. The van der Waals surface area contributed by atoms with Crippen LogP contribution in [0.4, 0.5) is 0 Å². The monoisotopic (exact) mass is 532 g/mol. The lowest BCUT2D eigenvalue weighted by Gasteiger charge is -2.31. The number of hydrogen-bond acceptors (Lipinski definition) is 2. The smallest absolute Gasteiger partial charge is 0.340 e. The molecule has 2 aromatic heterocycles. The Bertz CT molecular complexity index is 1640. The number of esters is 1. The lowest BCUT2D eigenvalue weighted by molar-refractivity contribution is 0.0255. The zero-order chi connectivity index (χ0) is 28.2. The lowest BCUT2D eigenvalue weighted by Crippen LogP contribution is -2.31. The molecule has 0 aliphatic carbocycles. The third-order valence-corrected chi connectivity index (χ3v) is 8.80. The number of aromatic nitrogens is 2. The van der Waals surface area contributed by atoms with Crippen molar-refractivity contribution in [3.05, 3.63) is 106 Å². The van der Waals surface area contributed by atoms with Gasteiger partial charge < -0.3 is 13.9 Å². The van der Waals surface area contributed by atoms with Crippen molar-refractivity contribution in [3.8, 4) is 0 Å². The number of nitrogens with zero attached hydrogens (tertiary/aromatic N) is 2. The number of carbonyl (C=O) groups excluding carboxylic acids is 1. The Hall–Kier alpha value is -3.79. The maximum atomic E-state index is 13.7. The van der Waals surface area contributed by atoms with E-state index >= 15 is 0 Å². The van der Waals surface area contributed by atoms with Crippen LogP contribution in [0.15, 0.2) is 72.8 Å². The molecular weight excluding hydrogens is 492 g/mol. The van der Waals surface area contributed by atoms with Crippen LogP contribution in [0.25, 0.3) is 21.8 Å². The summed E-state index contributed by atoms with van der Waals surface area (Å²) in [4.78, 5) is 13.7. The molecule has 4 heteroatoms. The highest BCUT2D eigenvalue weighted by Gasteiger charge is 2.53. The highest BCUT2D eigenvalue weighted by molar-refractivity contribution is 6.01. The molecule has 0 radical (unpaired) electrons. The summed E-state index contributed by atoms with van der Waals surface area (Å²) in [6.45, 7) is 15.3. The fourth-order valence-electron chi connectivity index (χ4n) is 6.82. The van der Waals surface area contributed by atoms with Gasteiger partial charge in [-0.1, -0.05) is 82.3 Å². The van der Waals surface area contributed by atoms with Crippen molar-refractivity contribution in [1.82, 2.24) is 9.13 Å². The van der Waals surface area contributed by atoms with E-state index in [1.807, 2.05) is 18.2 Å². The average molecular weight is 533 g/mol. The van der Waals surface area contributed by atoms with Gasteiger partial charge in [0.15, 0.2) is 5.60 Å². The Labute approximate surface area is 237 Å². The molecule has 0 bridgehead atoms. The van der Waals surface area contributed by atoms with E-state index in [2.05, 4.69) is 105 Å². The fraction of sp³-hybridized carbons (Fsp3) is 0.361. The van der Waals surface area contributed by atoms with Crippen LogP contribution < -0.4 is 0 Å². The van der Waals surface area contributed by atoms with Gasteiger partial charge in [-0.05, 0) is 56.7 Å². The van der Waals surface area contributed by atoms with Gasteiger partial charge in [-0.3, -0.25) is 0 Å². The van der Waals surface area contributed by atoms with E-state index in [1.165, 1.54) is 11.0 Å². The van der Waals surface area contributed by atoms with Crippen molar-refractivity contribution in [3.63, 3.8) is 0 Å². The second-order valence-electron chi connectivity index (χ2n) is 12.2. The van der Waals surface area contributed by atoms with Gasteiger partial charge in [0.2, 0.25) is 0 Å². The van der Waals surface area contributed by atoms with E-state index < -0.39 is 5.60 Å². The van der Waals surface area contributed by atoms with Crippen molar-refractivity contribution in [2.24, 2.45) is 11.8 Å². The van der Waals surface area contributed by atoms with Crippen LogP contribution >= 0.6 is 0 Å². The van der Waals surface area contributed by atoms with Gasteiger partial charge in [-0.25, -0.2) is 4.79 Å². The minimum absolute atomic E-state index is 0.257. The molecule has 0 atom stereocenters. The van der Waals surface area contributed by atoms with Crippen LogP contribution in [0.1, 0.15) is 79.0 Å². The summed E-state index contributed by atoms with van der Waals surface area (Å²) >= 11 is 0. The predicted molar refractivity (Wildman–Crippen MR) is 164 cm³/mol. The van der Waals surface area contributed by atoms with Gasteiger partial charge in [-0.2, -0.15) is 0 Å². The number of para-hydroxylation sites is 2. The van der Waals surface area contributed by atoms with E-state index in [4.69, 9.17) is 4.74 Å². The lowest BCUT2D eigenvalue weighted by atomic mass is 9.77. The van der Waals surface area contributed by atoms with Crippen LogP contribution in [0.2, 0.25) is 0 Å². The first-order valence-corrected chi connectivity index (χ1v) is 14.7. The molecule has 0 fully saturated rings. The SMILES string of the molecule is Cc1c(C2(c3c(C)n(CCC(C)C)c4ccccc34)OC(=O)c3ccccc32)c2ccccc2n1CCC(C)C. The van der Waals surface area contributed by atoms with Gasteiger partial charge in [0, 0.05) is 63.0 Å². The summed E-state index contributed by atoms with van der Waals surface area (Å²) in [6, 6.07) is 25.2. The normalized spacial score (nSPS) is 14.6. The maximum Gasteiger partial charge on any atom is 0.340 e. The molecular formula is C36H40N2O2. The molecule has 3 aromatic carbocycles. The maximum absolute atomic E-state index is 13.7. The van der Waals surface area contributed by atoms with Crippen LogP contribution in [-0.2, 0) is 23.4 Å². The van der Waals surface area contributed by atoms with Gasteiger partial charge in [0.1, 0.15) is 0 Å². The molecule has 206 valence electrons. The summed E-state index contributed by atoms with van der Waals surface area (Å²) in [5.41, 5.74) is 7.40. The molecule has 0 N–H and O–H groups in total. The molecule has 0 unspecified atom stereocenters. The molecule has 0 saturated carbocycles. The van der Waals surface area contributed by atoms with Crippen molar-refractivity contribution >= 4 is 27.8 Å². The number of cyclic esters (lactones) is 1. The summed E-state index contributed by atoms with van der Waals surface area (Å²) in [5.74, 6) is 0.917. The van der Waals surface area contributed by atoms with Gasteiger partial charge in [0.25, 0.3) is 0 Å². The van der Waals surface area contributed by atoms with Crippen LogP contribution in [0, 0.1) is 25.7 Å². The van der Waals surface area contributed by atoms with E-state index in [1.54, 1.807) is 0 Å². The first-order chi connectivity index (χ1) is 19.3. The zero-order valence-electron chi connectivity index (χ0n) is 24.6. The van der Waals surface area contributed by atoms with Gasteiger partial charge in [-0.15, -0.1) is 0 Å². The Morgan fingerprint density at radius 3 is 1.62 bits per heavy atom. The number of hydrogen-bond donors (Lipinski definition) is 0. The fourth-order valence-corrected chi connectivity index (χ4v) is 6.82. The largest absolute Gasteiger partial charge is 0.440 e. The van der Waals surface area contributed by atoms with Crippen LogP contribution in [0.5, 0.6) is 0 Å². The zero-order valence-corrected chi connectivity index (χ0v) is 24.6. The predicted octanol–water partition coefficient (Wildman–Crippen LogP) is 8.77. The first kappa shape index (κ1) is 26.4. The Balaban J connectivity index is 1.74. The Morgan fingerprint density at radius 1 is 0.675 bits per heavy atom. The molecule has 5 aromatic rings. The minimum Gasteiger partial charge on any atom is -0.440 e. The minimum atomic E-state index is -1.05. The standard InChI is InChI=1S/C36H40N2O2/c1-23(2)19-21-37-25(5)33(28-14-8-11-17-31(28)37)36(30-16-10-7-13-27(30)35(39)40-36)34-26(6)38(22-20-24(3)4)32-18-12-9-15-29(32)34/h7-18,23-24H,19-22H2,1-6H3. The third-order valence-electron chi connectivity index (χ3n) is 8.80.